The average molecular weight is 335 g/mol. The van der Waals surface area contributed by atoms with Gasteiger partial charge >= 0.3 is 0 Å². The molecule has 0 spiro atoms. The second-order valence-electron chi connectivity index (χ2n) is 5.87. The molecule has 5 nitrogen and oxygen atoms in total. The van der Waals surface area contributed by atoms with E-state index in [0.29, 0.717) is 6.61 Å². The van der Waals surface area contributed by atoms with Gasteiger partial charge in [-0.3, -0.25) is 4.68 Å². The van der Waals surface area contributed by atoms with Crippen LogP contribution in [0.25, 0.3) is 21.9 Å². The highest BCUT2D eigenvalue weighted by Gasteiger charge is 2.16. The molecule has 0 fully saturated rings. The van der Waals surface area contributed by atoms with E-state index >= 15 is 0 Å². The summed E-state index contributed by atoms with van der Waals surface area (Å²) < 4.78 is 7.98. The minimum atomic E-state index is 0. The van der Waals surface area contributed by atoms with E-state index in [1.165, 1.54) is 0 Å². The number of nitrogens with zero attached hydrogens (tertiary/aromatic N) is 4. The fraction of sp³-hybridized carbons (Fsp3) is 0.412. The molecule has 0 aliphatic rings. The lowest BCUT2D eigenvalue weighted by molar-refractivity contribution is 0.286. The van der Waals surface area contributed by atoms with Crippen LogP contribution in [-0.2, 0) is 7.05 Å². The van der Waals surface area contributed by atoms with Crippen molar-refractivity contribution in [3.8, 4) is 5.75 Å². The summed E-state index contributed by atoms with van der Waals surface area (Å²) in [5.41, 5.74) is 2.78. The van der Waals surface area contributed by atoms with Crippen LogP contribution < -0.4 is 4.74 Å². The first kappa shape index (κ1) is 17.5. The fourth-order valence-corrected chi connectivity index (χ4v) is 2.76. The van der Waals surface area contributed by atoms with E-state index in [0.717, 1.165) is 46.3 Å². The Morgan fingerprint density at radius 3 is 2.70 bits per heavy atom. The SMILES string of the molecule is Cc1nn(C)c2nc3ccccc3c(OCCCN(C)C)c12.Cl. The summed E-state index contributed by atoms with van der Waals surface area (Å²) in [5.74, 6) is 0.907. The predicted octanol–water partition coefficient (Wildman–Crippen LogP) is 3.18. The van der Waals surface area contributed by atoms with Gasteiger partial charge in [0, 0.05) is 19.0 Å². The molecular formula is C17H23ClN4O. The summed E-state index contributed by atoms with van der Waals surface area (Å²) in [7, 11) is 6.07. The zero-order chi connectivity index (χ0) is 15.7. The van der Waals surface area contributed by atoms with E-state index in [-0.39, 0.29) is 12.4 Å². The highest BCUT2D eigenvalue weighted by molar-refractivity contribution is 6.00. The lowest BCUT2D eigenvalue weighted by atomic mass is 10.1. The molecule has 2 aromatic heterocycles. The van der Waals surface area contributed by atoms with Crippen molar-refractivity contribution in [3.05, 3.63) is 30.0 Å². The number of para-hydroxylation sites is 1. The highest BCUT2D eigenvalue weighted by Crippen LogP contribution is 2.34. The summed E-state index contributed by atoms with van der Waals surface area (Å²) in [6, 6.07) is 8.10. The Kier molecular flexibility index (Phi) is 5.44. The number of benzene rings is 1. The average Bonchev–Trinajstić information content (AvgIpc) is 2.77. The maximum atomic E-state index is 6.16. The number of hydrogen-bond acceptors (Lipinski definition) is 4. The number of hydrogen-bond donors (Lipinski definition) is 0. The molecule has 0 aliphatic carbocycles. The zero-order valence-electron chi connectivity index (χ0n) is 14.0. The number of aryl methyl sites for hydroxylation is 2. The van der Waals surface area contributed by atoms with Crippen molar-refractivity contribution in [2.24, 2.45) is 7.05 Å². The lowest BCUT2D eigenvalue weighted by Gasteiger charge is -2.13. The number of pyridine rings is 1. The van der Waals surface area contributed by atoms with Gasteiger partial charge in [-0.1, -0.05) is 12.1 Å². The Labute approximate surface area is 142 Å². The van der Waals surface area contributed by atoms with Crippen LogP contribution >= 0.6 is 12.4 Å². The predicted molar refractivity (Wildman–Crippen MR) is 96.7 cm³/mol. The van der Waals surface area contributed by atoms with Gasteiger partial charge < -0.3 is 9.64 Å². The molecule has 6 heteroatoms. The van der Waals surface area contributed by atoms with Crippen molar-refractivity contribution in [1.82, 2.24) is 19.7 Å². The Morgan fingerprint density at radius 2 is 1.96 bits per heavy atom. The third-order valence-electron chi connectivity index (χ3n) is 3.79. The maximum Gasteiger partial charge on any atom is 0.162 e. The van der Waals surface area contributed by atoms with Gasteiger partial charge in [0.1, 0.15) is 5.75 Å². The van der Waals surface area contributed by atoms with Crippen LogP contribution in [-0.4, -0.2) is 46.9 Å². The molecule has 0 unspecified atom stereocenters. The molecule has 1 aromatic carbocycles. The topological polar surface area (TPSA) is 43.2 Å². The summed E-state index contributed by atoms with van der Waals surface area (Å²) in [6.07, 6.45) is 0.991. The molecule has 0 N–H and O–H groups in total. The molecule has 0 radical (unpaired) electrons. The van der Waals surface area contributed by atoms with Gasteiger partial charge in [0.2, 0.25) is 0 Å². The van der Waals surface area contributed by atoms with Crippen LogP contribution in [0.4, 0.5) is 0 Å². The number of ether oxygens (including phenoxy) is 1. The standard InChI is InChI=1S/C17H22N4O.ClH/c1-12-15-16(22-11-7-10-20(2)3)13-8-5-6-9-14(13)18-17(15)21(4)19-12;/h5-6,8-9H,7,10-11H2,1-4H3;1H. The van der Waals surface area contributed by atoms with E-state index in [1.54, 1.807) is 0 Å². The van der Waals surface area contributed by atoms with E-state index < -0.39 is 0 Å². The fourth-order valence-electron chi connectivity index (χ4n) is 2.76. The van der Waals surface area contributed by atoms with Crippen molar-refractivity contribution in [2.45, 2.75) is 13.3 Å². The Morgan fingerprint density at radius 1 is 1.22 bits per heavy atom. The monoisotopic (exact) mass is 334 g/mol. The maximum absolute atomic E-state index is 6.16. The van der Waals surface area contributed by atoms with Gasteiger partial charge in [-0.25, -0.2) is 4.98 Å². The highest BCUT2D eigenvalue weighted by atomic mass is 35.5. The molecule has 23 heavy (non-hydrogen) atoms. The van der Waals surface area contributed by atoms with Gasteiger partial charge in [0.15, 0.2) is 5.65 Å². The van der Waals surface area contributed by atoms with E-state index in [2.05, 4.69) is 30.2 Å². The van der Waals surface area contributed by atoms with Crippen LogP contribution in [0.15, 0.2) is 24.3 Å². The summed E-state index contributed by atoms with van der Waals surface area (Å²) in [5, 5.41) is 6.57. The van der Waals surface area contributed by atoms with E-state index in [9.17, 15) is 0 Å². The number of rotatable bonds is 5. The molecule has 124 valence electrons. The van der Waals surface area contributed by atoms with Gasteiger partial charge in [-0.15, -0.1) is 12.4 Å². The van der Waals surface area contributed by atoms with Crippen LogP contribution in [0, 0.1) is 6.92 Å². The molecule has 0 bridgehead atoms. The van der Waals surface area contributed by atoms with Gasteiger partial charge in [-0.05, 0) is 39.6 Å². The van der Waals surface area contributed by atoms with Gasteiger partial charge in [0.25, 0.3) is 0 Å². The van der Waals surface area contributed by atoms with Crippen LogP contribution in [0.3, 0.4) is 0 Å². The summed E-state index contributed by atoms with van der Waals surface area (Å²) in [6.45, 7) is 3.71. The first-order valence-corrected chi connectivity index (χ1v) is 7.57. The molecular weight excluding hydrogens is 312 g/mol. The number of halogens is 1. The molecule has 2 heterocycles. The smallest absolute Gasteiger partial charge is 0.162 e. The Hall–Kier alpha value is -1.85. The van der Waals surface area contributed by atoms with Crippen molar-refractivity contribution in [3.63, 3.8) is 0 Å². The molecule has 3 aromatic rings. The second kappa shape index (κ2) is 7.15. The van der Waals surface area contributed by atoms with Crippen LogP contribution in [0.5, 0.6) is 5.75 Å². The first-order chi connectivity index (χ1) is 10.6. The second-order valence-corrected chi connectivity index (χ2v) is 5.87. The molecule has 0 saturated carbocycles. The lowest BCUT2D eigenvalue weighted by Crippen LogP contribution is -2.15. The molecule has 0 aliphatic heterocycles. The normalized spacial score (nSPS) is 11.2. The van der Waals surface area contributed by atoms with Gasteiger partial charge in [-0.2, -0.15) is 5.10 Å². The van der Waals surface area contributed by atoms with Gasteiger partial charge in [0.05, 0.1) is 23.2 Å². The van der Waals surface area contributed by atoms with Crippen molar-refractivity contribution < 1.29 is 4.74 Å². The van der Waals surface area contributed by atoms with Crippen molar-refractivity contribution in [1.29, 1.82) is 0 Å². The summed E-state index contributed by atoms with van der Waals surface area (Å²) in [4.78, 5) is 6.89. The van der Waals surface area contributed by atoms with Crippen molar-refractivity contribution in [2.75, 3.05) is 27.2 Å². The molecule has 3 rings (SSSR count). The molecule has 0 saturated heterocycles. The summed E-state index contributed by atoms with van der Waals surface area (Å²) >= 11 is 0. The largest absolute Gasteiger partial charge is 0.492 e. The van der Waals surface area contributed by atoms with Crippen LogP contribution in [0.1, 0.15) is 12.1 Å². The van der Waals surface area contributed by atoms with E-state index in [4.69, 9.17) is 9.72 Å². The third kappa shape index (κ3) is 3.41. The molecule has 0 atom stereocenters. The van der Waals surface area contributed by atoms with Crippen molar-refractivity contribution >= 4 is 34.3 Å². The zero-order valence-corrected chi connectivity index (χ0v) is 14.9. The number of aromatic nitrogens is 3. The Balaban J connectivity index is 0.00000192. The van der Waals surface area contributed by atoms with E-state index in [1.807, 2.05) is 36.9 Å². The van der Waals surface area contributed by atoms with Crippen LogP contribution in [0.2, 0.25) is 0 Å². The minimum absolute atomic E-state index is 0. The minimum Gasteiger partial charge on any atom is -0.492 e. The Bertz CT molecular complexity index is 813. The number of fused-ring (bicyclic) bond motifs is 2. The quantitative estimate of drug-likeness (QED) is 0.672. The third-order valence-corrected chi connectivity index (χ3v) is 3.79. The first-order valence-electron chi connectivity index (χ1n) is 7.57. The molecule has 0 amide bonds.